The second-order valence-electron chi connectivity index (χ2n) is 5.14. The second kappa shape index (κ2) is 6.31. The number of nitrogens with one attached hydrogen (secondary N) is 1. The van der Waals surface area contributed by atoms with Crippen LogP contribution in [0.3, 0.4) is 0 Å². The number of aromatic nitrogens is 1. The van der Waals surface area contributed by atoms with E-state index < -0.39 is 11.9 Å². The smallest absolute Gasteiger partial charge is 0.308 e. The van der Waals surface area contributed by atoms with Crippen LogP contribution in [0.4, 0.5) is 0 Å². The maximum atomic E-state index is 12.3. The molecule has 2 rings (SSSR count). The first-order valence-corrected chi connectivity index (χ1v) is 7.30. The minimum absolute atomic E-state index is 0.253. The molecule has 20 heavy (non-hydrogen) atoms. The van der Waals surface area contributed by atoms with Gasteiger partial charge < -0.3 is 15.0 Å². The highest BCUT2D eigenvalue weighted by Gasteiger charge is 2.32. The highest BCUT2D eigenvalue weighted by molar-refractivity contribution is 6.31. The number of rotatable bonds is 4. The summed E-state index contributed by atoms with van der Waals surface area (Å²) in [5, 5.41) is 12.6. The van der Waals surface area contributed by atoms with Crippen LogP contribution in [0.5, 0.6) is 0 Å². The van der Waals surface area contributed by atoms with Crippen molar-refractivity contribution in [1.29, 1.82) is 0 Å². The van der Waals surface area contributed by atoms with Gasteiger partial charge in [-0.3, -0.25) is 9.59 Å². The van der Waals surface area contributed by atoms with Gasteiger partial charge in [-0.25, -0.2) is 0 Å². The largest absolute Gasteiger partial charge is 0.481 e. The standard InChI is InChI=1S/C14H19ClN2O3/c1-2-17-8-9(15)7-12(17)13(18)16-11-6-4-3-5-10(11)14(19)20/h7-8,10-11H,2-6H2,1H3,(H,16,18)(H,19,20). The zero-order chi connectivity index (χ0) is 14.7. The van der Waals surface area contributed by atoms with Gasteiger partial charge in [0.1, 0.15) is 5.69 Å². The van der Waals surface area contributed by atoms with Gasteiger partial charge in [0.15, 0.2) is 0 Å². The molecule has 1 saturated carbocycles. The molecule has 0 radical (unpaired) electrons. The molecule has 1 aromatic rings. The Bertz CT molecular complexity index is 513. The Kier molecular flexibility index (Phi) is 4.70. The van der Waals surface area contributed by atoms with E-state index in [9.17, 15) is 14.7 Å². The van der Waals surface area contributed by atoms with Crippen molar-refractivity contribution in [3.05, 3.63) is 23.0 Å². The lowest BCUT2D eigenvalue weighted by Gasteiger charge is -2.29. The number of hydrogen-bond donors (Lipinski definition) is 2. The Morgan fingerprint density at radius 1 is 1.45 bits per heavy atom. The lowest BCUT2D eigenvalue weighted by atomic mass is 9.84. The summed E-state index contributed by atoms with van der Waals surface area (Å²) in [4.78, 5) is 23.5. The first-order valence-electron chi connectivity index (χ1n) is 6.92. The average molecular weight is 299 g/mol. The van der Waals surface area contributed by atoms with Crippen LogP contribution in [0.25, 0.3) is 0 Å². The number of carbonyl (C=O) groups excluding carboxylic acids is 1. The van der Waals surface area contributed by atoms with Gasteiger partial charge in [-0.15, -0.1) is 0 Å². The third kappa shape index (κ3) is 3.15. The fraction of sp³-hybridized carbons (Fsp3) is 0.571. The molecule has 1 aliphatic carbocycles. The quantitative estimate of drug-likeness (QED) is 0.897. The molecule has 1 aromatic heterocycles. The summed E-state index contributed by atoms with van der Waals surface area (Å²) in [6.07, 6.45) is 4.88. The van der Waals surface area contributed by atoms with Crippen LogP contribution >= 0.6 is 11.6 Å². The van der Waals surface area contributed by atoms with Gasteiger partial charge >= 0.3 is 5.97 Å². The maximum Gasteiger partial charge on any atom is 0.308 e. The van der Waals surface area contributed by atoms with Crippen LogP contribution in [-0.4, -0.2) is 27.6 Å². The summed E-state index contributed by atoms with van der Waals surface area (Å²) in [7, 11) is 0. The van der Waals surface area contributed by atoms with Gasteiger partial charge in [-0.1, -0.05) is 24.4 Å². The van der Waals surface area contributed by atoms with E-state index in [1.165, 1.54) is 0 Å². The number of carbonyl (C=O) groups is 2. The van der Waals surface area contributed by atoms with Gasteiger partial charge in [-0.2, -0.15) is 0 Å². The third-order valence-corrected chi connectivity index (χ3v) is 4.04. The van der Waals surface area contributed by atoms with Crippen LogP contribution in [0.15, 0.2) is 12.3 Å². The van der Waals surface area contributed by atoms with E-state index in [0.717, 1.165) is 12.8 Å². The highest BCUT2D eigenvalue weighted by Crippen LogP contribution is 2.25. The molecule has 1 fully saturated rings. The Labute approximate surface area is 122 Å². The Morgan fingerprint density at radius 3 is 2.80 bits per heavy atom. The van der Waals surface area contributed by atoms with E-state index in [0.29, 0.717) is 30.1 Å². The number of aryl methyl sites for hydroxylation is 1. The van der Waals surface area contributed by atoms with E-state index >= 15 is 0 Å². The topological polar surface area (TPSA) is 71.3 Å². The number of halogens is 1. The lowest BCUT2D eigenvalue weighted by Crippen LogP contribution is -2.45. The number of nitrogens with zero attached hydrogens (tertiary/aromatic N) is 1. The van der Waals surface area contributed by atoms with Gasteiger partial charge in [0.2, 0.25) is 0 Å². The van der Waals surface area contributed by atoms with Crippen molar-refractivity contribution in [3.63, 3.8) is 0 Å². The van der Waals surface area contributed by atoms with E-state index in [4.69, 9.17) is 11.6 Å². The molecule has 1 amide bonds. The van der Waals surface area contributed by atoms with Gasteiger partial charge in [-0.05, 0) is 25.8 Å². The normalized spacial score (nSPS) is 22.5. The molecule has 0 aliphatic heterocycles. The molecule has 0 spiro atoms. The van der Waals surface area contributed by atoms with E-state index in [1.54, 1.807) is 16.8 Å². The minimum atomic E-state index is -0.834. The molecule has 6 heteroatoms. The second-order valence-corrected chi connectivity index (χ2v) is 5.58. The van der Waals surface area contributed by atoms with Gasteiger partial charge in [0, 0.05) is 18.8 Å². The summed E-state index contributed by atoms with van der Waals surface area (Å²) in [6.45, 7) is 2.57. The van der Waals surface area contributed by atoms with Crippen molar-refractivity contribution in [2.75, 3.05) is 0 Å². The van der Waals surface area contributed by atoms with Gasteiger partial charge in [0.05, 0.1) is 10.9 Å². The average Bonchev–Trinajstić information content (AvgIpc) is 2.80. The number of amides is 1. The molecular weight excluding hydrogens is 280 g/mol. The van der Waals surface area contributed by atoms with Crippen molar-refractivity contribution in [1.82, 2.24) is 9.88 Å². The summed E-state index contributed by atoms with van der Waals surface area (Å²) in [6, 6.07) is 1.31. The first kappa shape index (κ1) is 14.9. The van der Waals surface area contributed by atoms with Crippen LogP contribution in [0.1, 0.15) is 43.1 Å². The molecule has 2 atom stereocenters. The first-order chi connectivity index (χ1) is 9.52. The predicted octanol–water partition coefficient (Wildman–Crippen LogP) is 2.53. The molecule has 110 valence electrons. The fourth-order valence-electron chi connectivity index (χ4n) is 2.77. The molecular formula is C14H19ClN2O3. The molecule has 2 unspecified atom stereocenters. The fourth-order valence-corrected chi connectivity index (χ4v) is 2.99. The summed E-state index contributed by atoms with van der Waals surface area (Å²) < 4.78 is 1.76. The Balaban J connectivity index is 2.11. The van der Waals surface area contributed by atoms with Crippen molar-refractivity contribution < 1.29 is 14.7 Å². The molecule has 1 heterocycles. The third-order valence-electron chi connectivity index (χ3n) is 3.84. The zero-order valence-corrected chi connectivity index (χ0v) is 12.2. The van der Waals surface area contributed by atoms with Crippen molar-refractivity contribution in [3.8, 4) is 0 Å². The van der Waals surface area contributed by atoms with Crippen molar-refractivity contribution >= 4 is 23.5 Å². The lowest BCUT2D eigenvalue weighted by molar-refractivity contribution is -0.143. The molecule has 0 bridgehead atoms. The number of carboxylic acids is 1. The number of hydrogen-bond acceptors (Lipinski definition) is 2. The number of aliphatic carboxylic acids is 1. The summed E-state index contributed by atoms with van der Waals surface area (Å²) >= 11 is 5.92. The van der Waals surface area contributed by atoms with Crippen molar-refractivity contribution in [2.24, 2.45) is 5.92 Å². The molecule has 1 aliphatic rings. The molecule has 2 N–H and O–H groups in total. The summed E-state index contributed by atoms with van der Waals surface area (Å²) in [5.74, 6) is -1.58. The Morgan fingerprint density at radius 2 is 2.15 bits per heavy atom. The Hall–Kier alpha value is -1.49. The summed E-state index contributed by atoms with van der Waals surface area (Å²) in [5.41, 5.74) is 0.479. The monoisotopic (exact) mass is 298 g/mol. The van der Waals surface area contributed by atoms with Crippen LogP contribution in [-0.2, 0) is 11.3 Å². The molecule has 0 saturated heterocycles. The van der Waals surface area contributed by atoms with Crippen LogP contribution in [0.2, 0.25) is 5.02 Å². The van der Waals surface area contributed by atoms with Crippen LogP contribution < -0.4 is 5.32 Å². The maximum absolute atomic E-state index is 12.3. The van der Waals surface area contributed by atoms with E-state index in [2.05, 4.69) is 5.32 Å². The molecule has 0 aromatic carbocycles. The minimum Gasteiger partial charge on any atom is -0.481 e. The van der Waals surface area contributed by atoms with E-state index in [1.807, 2.05) is 6.92 Å². The molecule has 5 nitrogen and oxygen atoms in total. The number of carboxylic acid groups (broad SMARTS) is 1. The van der Waals surface area contributed by atoms with Crippen LogP contribution in [0, 0.1) is 5.92 Å². The van der Waals surface area contributed by atoms with E-state index in [-0.39, 0.29) is 11.9 Å². The van der Waals surface area contributed by atoms with Gasteiger partial charge in [0.25, 0.3) is 5.91 Å². The van der Waals surface area contributed by atoms with Crippen molar-refractivity contribution in [2.45, 2.75) is 45.2 Å². The highest BCUT2D eigenvalue weighted by atomic mass is 35.5. The SMILES string of the molecule is CCn1cc(Cl)cc1C(=O)NC1CCCCC1C(=O)O. The predicted molar refractivity (Wildman–Crippen MR) is 76.0 cm³/mol. The zero-order valence-electron chi connectivity index (χ0n) is 11.4.